The fourth-order valence-electron chi connectivity index (χ4n) is 1.93. The molecule has 1 atom stereocenters. The van der Waals surface area contributed by atoms with Crippen molar-refractivity contribution in [3.8, 4) is 11.5 Å². The highest BCUT2D eigenvalue weighted by Gasteiger charge is 2.22. The van der Waals surface area contributed by atoms with Gasteiger partial charge in [0.1, 0.15) is 17.1 Å². The van der Waals surface area contributed by atoms with Crippen molar-refractivity contribution in [3.05, 3.63) is 53.1 Å². The molecule has 0 spiro atoms. The zero-order chi connectivity index (χ0) is 17.7. The Bertz CT molecular complexity index is 762. The van der Waals surface area contributed by atoms with Crippen molar-refractivity contribution in [2.45, 2.75) is 13.0 Å². The Kier molecular flexibility index (Phi) is 5.65. The molecule has 2 rings (SSSR count). The summed E-state index contributed by atoms with van der Waals surface area (Å²) in [6.07, 6.45) is -1.08. The van der Waals surface area contributed by atoms with Gasteiger partial charge in [0.2, 0.25) is 0 Å². The summed E-state index contributed by atoms with van der Waals surface area (Å²) in [5, 5.41) is 12.6. The molecular formula is C17H16ClNO5. The fourth-order valence-corrected chi connectivity index (χ4v) is 2.10. The third kappa shape index (κ3) is 4.17. The number of phenols is 1. The van der Waals surface area contributed by atoms with Gasteiger partial charge in [-0.25, -0.2) is 4.79 Å². The smallest absolute Gasteiger partial charge is 0.342 e. The lowest BCUT2D eigenvalue weighted by Gasteiger charge is -2.15. The molecule has 0 saturated carbocycles. The molecule has 24 heavy (non-hydrogen) atoms. The summed E-state index contributed by atoms with van der Waals surface area (Å²) < 4.78 is 10.2. The number of anilines is 1. The maximum Gasteiger partial charge on any atom is 0.342 e. The number of halogens is 1. The second-order valence-electron chi connectivity index (χ2n) is 4.90. The third-order valence-electron chi connectivity index (χ3n) is 3.20. The number of phenolic OH excluding ortho intramolecular Hbond substituents is 1. The molecule has 0 fully saturated rings. The molecule has 0 aliphatic rings. The molecule has 0 aromatic heterocycles. The number of carbonyl (C=O) groups is 2. The Morgan fingerprint density at radius 1 is 1.21 bits per heavy atom. The van der Waals surface area contributed by atoms with Crippen LogP contribution in [0.5, 0.6) is 11.5 Å². The van der Waals surface area contributed by atoms with Crippen molar-refractivity contribution < 1.29 is 24.2 Å². The molecule has 2 N–H and O–H groups in total. The first-order chi connectivity index (χ1) is 11.4. The van der Waals surface area contributed by atoms with Gasteiger partial charge in [0.05, 0.1) is 12.8 Å². The number of hydrogen-bond donors (Lipinski definition) is 2. The van der Waals surface area contributed by atoms with Gasteiger partial charge in [-0.05, 0) is 37.3 Å². The summed E-state index contributed by atoms with van der Waals surface area (Å²) in [7, 11) is 1.48. The number of carbonyl (C=O) groups excluding carboxylic acids is 2. The first kappa shape index (κ1) is 17.6. The SMILES string of the molecule is COc1ccccc1NC(=O)[C@@H](C)OC(=O)c1cc(Cl)ccc1O. The van der Waals surface area contributed by atoms with Gasteiger partial charge in [-0.2, -0.15) is 0 Å². The molecule has 0 radical (unpaired) electrons. The van der Waals surface area contributed by atoms with Gasteiger partial charge < -0.3 is 19.9 Å². The molecule has 0 aliphatic carbocycles. The second-order valence-corrected chi connectivity index (χ2v) is 5.33. The summed E-state index contributed by atoms with van der Waals surface area (Å²) in [6, 6.07) is 10.8. The minimum Gasteiger partial charge on any atom is -0.507 e. The zero-order valence-corrected chi connectivity index (χ0v) is 13.8. The predicted molar refractivity (Wildman–Crippen MR) is 89.6 cm³/mol. The number of para-hydroxylation sites is 2. The van der Waals surface area contributed by atoms with Crippen molar-refractivity contribution in [1.29, 1.82) is 0 Å². The maximum absolute atomic E-state index is 12.2. The van der Waals surface area contributed by atoms with Crippen LogP contribution in [0, 0.1) is 0 Å². The van der Waals surface area contributed by atoms with Crippen LogP contribution >= 0.6 is 11.6 Å². The minimum atomic E-state index is -1.08. The summed E-state index contributed by atoms with van der Waals surface area (Å²) in [6.45, 7) is 1.42. The van der Waals surface area contributed by atoms with Gasteiger partial charge in [-0.1, -0.05) is 23.7 Å². The van der Waals surface area contributed by atoms with E-state index in [1.807, 2.05) is 0 Å². The van der Waals surface area contributed by atoms with Gasteiger partial charge in [0, 0.05) is 5.02 Å². The van der Waals surface area contributed by atoms with E-state index in [0.29, 0.717) is 11.4 Å². The van der Waals surface area contributed by atoms with E-state index in [2.05, 4.69) is 5.32 Å². The average molecular weight is 350 g/mol. The maximum atomic E-state index is 12.2. The number of benzene rings is 2. The summed E-state index contributed by atoms with van der Waals surface area (Å²) in [5.74, 6) is -1.18. The number of amides is 1. The largest absolute Gasteiger partial charge is 0.507 e. The number of hydrogen-bond acceptors (Lipinski definition) is 5. The number of aromatic hydroxyl groups is 1. The van der Waals surface area contributed by atoms with Gasteiger partial charge in [-0.15, -0.1) is 0 Å². The molecule has 1 amide bonds. The van der Waals surface area contributed by atoms with E-state index in [-0.39, 0.29) is 16.3 Å². The van der Waals surface area contributed by atoms with Crippen molar-refractivity contribution in [1.82, 2.24) is 0 Å². The number of methoxy groups -OCH3 is 1. The summed E-state index contributed by atoms with van der Waals surface area (Å²) >= 11 is 5.79. The van der Waals surface area contributed by atoms with Crippen LogP contribution in [0.15, 0.2) is 42.5 Å². The molecule has 0 bridgehead atoms. The third-order valence-corrected chi connectivity index (χ3v) is 3.43. The standard InChI is InChI=1S/C17H16ClNO5/c1-10(16(21)19-13-5-3-4-6-15(13)23-2)24-17(22)12-9-11(18)7-8-14(12)20/h3-10,20H,1-2H3,(H,19,21)/t10-/m1/s1. The van der Waals surface area contributed by atoms with Crippen LogP contribution < -0.4 is 10.1 Å². The van der Waals surface area contributed by atoms with Gasteiger partial charge in [0.25, 0.3) is 5.91 Å². The second kappa shape index (κ2) is 7.70. The average Bonchev–Trinajstić information content (AvgIpc) is 2.57. The van der Waals surface area contributed by atoms with Crippen LogP contribution in [0.3, 0.4) is 0 Å². The molecule has 0 aliphatic heterocycles. The lowest BCUT2D eigenvalue weighted by atomic mass is 10.2. The predicted octanol–water partition coefficient (Wildman–Crippen LogP) is 3.24. The van der Waals surface area contributed by atoms with Crippen molar-refractivity contribution in [2.75, 3.05) is 12.4 Å². The van der Waals surface area contributed by atoms with Gasteiger partial charge >= 0.3 is 5.97 Å². The number of ether oxygens (including phenoxy) is 2. The van der Waals surface area contributed by atoms with Crippen molar-refractivity contribution >= 4 is 29.2 Å². The van der Waals surface area contributed by atoms with E-state index in [1.54, 1.807) is 24.3 Å². The van der Waals surface area contributed by atoms with E-state index in [0.717, 1.165) is 0 Å². The van der Waals surface area contributed by atoms with Crippen molar-refractivity contribution in [2.24, 2.45) is 0 Å². The summed E-state index contributed by atoms with van der Waals surface area (Å²) in [4.78, 5) is 24.2. The lowest BCUT2D eigenvalue weighted by Crippen LogP contribution is -2.30. The van der Waals surface area contributed by atoms with E-state index in [9.17, 15) is 14.7 Å². The molecule has 0 unspecified atom stereocenters. The highest BCUT2D eigenvalue weighted by molar-refractivity contribution is 6.31. The zero-order valence-electron chi connectivity index (χ0n) is 13.1. The molecule has 2 aromatic carbocycles. The molecule has 7 heteroatoms. The van der Waals surface area contributed by atoms with Gasteiger partial charge in [-0.3, -0.25) is 4.79 Å². The van der Waals surface area contributed by atoms with Crippen LogP contribution in [-0.2, 0) is 9.53 Å². The van der Waals surface area contributed by atoms with Crippen LogP contribution in [-0.4, -0.2) is 30.2 Å². The fraction of sp³-hybridized carbons (Fsp3) is 0.176. The van der Waals surface area contributed by atoms with E-state index >= 15 is 0 Å². The Balaban J connectivity index is 2.06. The Hall–Kier alpha value is -2.73. The number of nitrogens with one attached hydrogen (secondary N) is 1. The molecular weight excluding hydrogens is 334 g/mol. The Morgan fingerprint density at radius 3 is 2.62 bits per heavy atom. The molecule has 0 heterocycles. The molecule has 2 aromatic rings. The van der Waals surface area contributed by atoms with Crippen LogP contribution in [0.25, 0.3) is 0 Å². The molecule has 126 valence electrons. The van der Waals surface area contributed by atoms with Crippen LogP contribution in [0.1, 0.15) is 17.3 Å². The summed E-state index contributed by atoms with van der Waals surface area (Å²) in [5.41, 5.74) is 0.345. The van der Waals surface area contributed by atoms with E-state index in [1.165, 1.54) is 32.2 Å². The lowest BCUT2D eigenvalue weighted by molar-refractivity contribution is -0.123. The van der Waals surface area contributed by atoms with Crippen LogP contribution in [0.2, 0.25) is 5.02 Å². The first-order valence-corrected chi connectivity index (χ1v) is 7.43. The quantitative estimate of drug-likeness (QED) is 0.809. The Morgan fingerprint density at radius 2 is 1.92 bits per heavy atom. The molecule has 0 saturated heterocycles. The number of rotatable bonds is 5. The van der Waals surface area contributed by atoms with E-state index < -0.39 is 18.0 Å². The van der Waals surface area contributed by atoms with Crippen LogP contribution in [0.4, 0.5) is 5.69 Å². The normalized spacial score (nSPS) is 11.5. The molecule has 6 nitrogen and oxygen atoms in total. The number of esters is 1. The van der Waals surface area contributed by atoms with Gasteiger partial charge in [0.15, 0.2) is 6.10 Å². The van der Waals surface area contributed by atoms with E-state index in [4.69, 9.17) is 21.1 Å². The minimum absolute atomic E-state index is 0.112. The Labute approximate surface area is 144 Å². The van der Waals surface area contributed by atoms with Crippen molar-refractivity contribution in [3.63, 3.8) is 0 Å². The topological polar surface area (TPSA) is 84.9 Å². The first-order valence-electron chi connectivity index (χ1n) is 7.05. The highest BCUT2D eigenvalue weighted by atomic mass is 35.5. The highest BCUT2D eigenvalue weighted by Crippen LogP contribution is 2.24. The monoisotopic (exact) mass is 349 g/mol.